The summed E-state index contributed by atoms with van der Waals surface area (Å²) in [7, 11) is -3.39. The summed E-state index contributed by atoms with van der Waals surface area (Å²) >= 11 is 0. The zero-order valence-corrected chi connectivity index (χ0v) is 16.0. The van der Waals surface area contributed by atoms with E-state index in [1.165, 1.54) is 12.1 Å². The Balaban J connectivity index is 1.65. The van der Waals surface area contributed by atoms with E-state index in [9.17, 15) is 12.8 Å². The van der Waals surface area contributed by atoms with Gasteiger partial charge in [0.15, 0.2) is 9.84 Å². The standard InChI is InChI=1S/C18H28FN3O2S/c1-18(2)12-20-8-6-17(18)22-9-7-13(11-22)21-16-5-4-14(10-15(16)19)25(3,23)24/h4-5,10,13,17,20-21H,6-9,11-12H2,1-3H3/t13-,17?/m0/s1. The number of likely N-dealkylation sites (tertiary alicyclic amines) is 1. The van der Waals surface area contributed by atoms with Gasteiger partial charge in [0.25, 0.3) is 0 Å². The van der Waals surface area contributed by atoms with Gasteiger partial charge in [-0.1, -0.05) is 13.8 Å². The lowest BCUT2D eigenvalue weighted by molar-refractivity contribution is 0.0778. The predicted octanol–water partition coefficient (Wildman–Crippen LogP) is 2.10. The molecule has 2 N–H and O–H groups in total. The van der Waals surface area contributed by atoms with Gasteiger partial charge in [0.1, 0.15) is 5.82 Å². The Morgan fingerprint density at radius 2 is 2.08 bits per heavy atom. The van der Waals surface area contributed by atoms with Crippen LogP contribution >= 0.6 is 0 Å². The topological polar surface area (TPSA) is 61.4 Å². The first-order valence-corrected chi connectivity index (χ1v) is 10.8. The van der Waals surface area contributed by atoms with E-state index in [1.807, 2.05) is 0 Å². The molecule has 3 rings (SSSR count). The summed E-state index contributed by atoms with van der Waals surface area (Å²) in [5.74, 6) is -0.511. The Morgan fingerprint density at radius 3 is 2.72 bits per heavy atom. The van der Waals surface area contributed by atoms with E-state index in [1.54, 1.807) is 0 Å². The third-order valence-corrected chi connectivity index (χ3v) is 6.58. The van der Waals surface area contributed by atoms with Gasteiger partial charge in [-0.15, -0.1) is 0 Å². The highest BCUT2D eigenvalue weighted by Crippen LogP contribution is 2.32. The van der Waals surface area contributed by atoms with Crippen LogP contribution in [0, 0.1) is 11.2 Å². The van der Waals surface area contributed by atoms with Crippen molar-refractivity contribution in [3.05, 3.63) is 24.0 Å². The highest BCUT2D eigenvalue weighted by Gasteiger charge is 2.39. The van der Waals surface area contributed by atoms with Crippen molar-refractivity contribution < 1.29 is 12.8 Å². The second-order valence-corrected chi connectivity index (χ2v) is 10.0. The Morgan fingerprint density at radius 1 is 1.32 bits per heavy atom. The van der Waals surface area contributed by atoms with Gasteiger partial charge in [0.2, 0.25) is 0 Å². The summed E-state index contributed by atoms with van der Waals surface area (Å²) < 4.78 is 37.3. The van der Waals surface area contributed by atoms with Crippen molar-refractivity contribution in [2.24, 2.45) is 5.41 Å². The molecule has 2 atom stereocenters. The van der Waals surface area contributed by atoms with Crippen molar-refractivity contribution in [1.29, 1.82) is 0 Å². The van der Waals surface area contributed by atoms with Gasteiger partial charge in [-0.2, -0.15) is 0 Å². The van der Waals surface area contributed by atoms with Crippen molar-refractivity contribution >= 4 is 15.5 Å². The van der Waals surface area contributed by atoms with Crippen molar-refractivity contribution in [1.82, 2.24) is 10.2 Å². The van der Waals surface area contributed by atoms with Gasteiger partial charge in [-0.3, -0.25) is 4.90 Å². The normalized spacial score (nSPS) is 27.4. The average molecular weight is 370 g/mol. The van der Waals surface area contributed by atoms with Gasteiger partial charge < -0.3 is 10.6 Å². The summed E-state index contributed by atoms with van der Waals surface area (Å²) in [5.41, 5.74) is 0.610. The third kappa shape index (κ3) is 4.15. The second kappa shape index (κ2) is 6.85. The van der Waals surface area contributed by atoms with Gasteiger partial charge in [-0.25, -0.2) is 12.8 Å². The Bertz CT molecular complexity index is 736. The molecule has 0 aliphatic carbocycles. The van der Waals surface area contributed by atoms with Crippen molar-refractivity contribution in [3.8, 4) is 0 Å². The lowest BCUT2D eigenvalue weighted by Crippen LogP contribution is -2.54. The largest absolute Gasteiger partial charge is 0.379 e. The summed E-state index contributed by atoms with van der Waals surface area (Å²) in [5, 5.41) is 6.72. The quantitative estimate of drug-likeness (QED) is 0.851. The third-order valence-electron chi connectivity index (χ3n) is 5.47. The smallest absolute Gasteiger partial charge is 0.175 e. The van der Waals surface area contributed by atoms with Crippen LogP contribution in [0.4, 0.5) is 10.1 Å². The number of nitrogens with zero attached hydrogens (tertiary/aromatic N) is 1. The molecule has 2 heterocycles. The number of sulfone groups is 1. The Kier molecular flexibility index (Phi) is 5.10. The van der Waals surface area contributed by atoms with E-state index in [0.717, 1.165) is 51.3 Å². The molecule has 1 aromatic rings. The molecule has 5 nitrogen and oxygen atoms in total. The fraction of sp³-hybridized carbons (Fsp3) is 0.667. The first kappa shape index (κ1) is 18.6. The number of rotatable bonds is 4. The predicted molar refractivity (Wildman–Crippen MR) is 98.2 cm³/mol. The van der Waals surface area contributed by atoms with Crippen molar-refractivity contribution in [3.63, 3.8) is 0 Å². The fourth-order valence-electron chi connectivity index (χ4n) is 4.09. The number of benzene rings is 1. The summed E-state index contributed by atoms with van der Waals surface area (Å²) in [4.78, 5) is 2.53. The van der Waals surface area contributed by atoms with Crippen molar-refractivity contribution in [2.75, 3.05) is 37.8 Å². The monoisotopic (exact) mass is 369 g/mol. The molecule has 2 aliphatic rings. The molecule has 1 aromatic carbocycles. The number of halogens is 1. The van der Waals surface area contributed by atoms with E-state index >= 15 is 0 Å². The van der Waals surface area contributed by atoms with Gasteiger partial charge in [0, 0.05) is 38.0 Å². The number of nitrogens with one attached hydrogen (secondary N) is 2. The number of anilines is 1. The fourth-order valence-corrected chi connectivity index (χ4v) is 4.72. The lowest BCUT2D eigenvalue weighted by atomic mass is 9.79. The first-order chi connectivity index (χ1) is 11.7. The number of hydrogen-bond donors (Lipinski definition) is 2. The maximum Gasteiger partial charge on any atom is 0.175 e. The Hall–Kier alpha value is -1.18. The second-order valence-electron chi connectivity index (χ2n) is 8.01. The SMILES string of the molecule is CC1(C)CNCCC1N1CC[C@H](Nc2ccc(S(C)(=O)=O)cc2F)C1. The minimum Gasteiger partial charge on any atom is -0.379 e. The van der Waals surface area contributed by atoms with Crippen LogP contribution in [-0.2, 0) is 9.84 Å². The van der Waals surface area contributed by atoms with Crippen LogP contribution in [-0.4, -0.2) is 57.8 Å². The molecule has 0 radical (unpaired) electrons. The lowest BCUT2D eigenvalue weighted by Gasteiger charge is -2.44. The summed E-state index contributed by atoms with van der Waals surface area (Å²) in [6.45, 7) is 8.57. The molecule has 0 aromatic heterocycles. The van der Waals surface area contributed by atoms with E-state index < -0.39 is 15.7 Å². The maximum absolute atomic E-state index is 14.3. The van der Waals surface area contributed by atoms with Crippen LogP contribution in [0.5, 0.6) is 0 Å². The average Bonchev–Trinajstić information content (AvgIpc) is 2.96. The van der Waals surface area contributed by atoms with E-state index in [2.05, 4.69) is 29.4 Å². The van der Waals surface area contributed by atoms with Crippen LogP contribution in [0.15, 0.2) is 23.1 Å². The number of piperidine rings is 1. The van der Waals surface area contributed by atoms with Gasteiger partial charge in [-0.05, 0) is 43.0 Å². The zero-order valence-electron chi connectivity index (χ0n) is 15.2. The molecule has 2 fully saturated rings. The summed E-state index contributed by atoms with van der Waals surface area (Å²) in [6.07, 6.45) is 3.19. The van der Waals surface area contributed by atoms with Crippen LogP contribution in [0.2, 0.25) is 0 Å². The highest BCUT2D eigenvalue weighted by molar-refractivity contribution is 7.90. The summed E-state index contributed by atoms with van der Waals surface area (Å²) in [6, 6.07) is 4.81. The minimum atomic E-state index is -3.39. The van der Waals surface area contributed by atoms with Crippen LogP contribution in [0.25, 0.3) is 0 Å². The minimum absolute atomic E-state index is 0.0139. The molecule has 0 spiro atoms. The maximum atomic E-state index is 14.3. The van der Waals surface area contributed by atoms with E-state index in [-0.39, 0.29) is 16.4 Å². The van der Waals surface area contributed by atoms with Crippen molar-refractivity contribution in [2.45, 2.75) is 43.7 Å². The molecule has 0 saturated carbocycles. The molecule has 0 bridgehead atoms. The Labute approximate surface area is 149 Å². The molecule has 1 unspecified atom stereocenters. The molecule has 7 heteroatoms. The van der Waals surface area contributed by atoms with E-state index in [4.69, 9.17) is 0 Å². The molecule has 140 valence electrons. The molecule has 25 heavy (non-hydrogen) atoms. The van der Waals surface area contributed by atoms with E-state index in [0.29, 0.717) is 11.7 Å². The zero-order chi connectivity index (χ0) is 18.2. The van der Waals surface area contributed by atoms with Gasteiger partial charge in [0.05, 0.1) is 10.6 Å². The molecular weight excluding hydrogens is 341 g/mol. The number of hydrogen-bond acceptors (Lipinski definition) is 5. The molecular formula is C18H28FN3O2S. The highest BCUT2D eigenvalue weighted by atomic mass is 32.2. The van der Waals surface area contributed by atoms with Crippen LogP contribution in [0.1, 0.15) is 26.7 Å². The first-order valence-electron chi connectivity index (χ1n) is 8.88. The molecule has 2 aliphatic heterocycles. The molecule has 2 saturated heterocycles. The van der Waals surface area contributed by atoms with Crippen LogP contribution < -0.4 is 10.6 Å². The molecule has 0 amide bonds. The van der Waals surface area contributed by atoms with Crippen LogP contribution in [0.3, 0.4) is 0 Å². The van der Waals surface area contributed by atoms with Gasteiger partial charge >= 0.3 is 0 Å².